The average molecular weight is 727 g/mol. The van der Waals surface area contributed by atoms with Crippen LogP contribution in [0, 0.1) is 56.7 Å². The van der Waals surface area contributed by atoms with Crippen LogP contribution < -0.4 is 0 Å². The second kappa shape index (κ2) is 12.5. The molecule has 0 radical (unpaired) electrons. The van der Waals surface area contributed by atoms with Crippen LogP contribution in [-0.4, -0.2) is 73.4 Å². The first kappa shape index (κ1) is 41.3. The van der Waals surface area contributed by atoms with Gasteiger partial charge in [0, 0.05) is 5.92 Å². The fraction of sp³-hybridized carbons (Fsp3) is 0.909. The molecule has 0 saturated heterocycles. The van der Waals surface area contributed by atoms with Crippen molar-refractivity contribution in [3.05, 3.63) is 0 Å². The van der Waals surface area contributed by atoms with E-state index in [9.17, 15) is 59.0 Å². The smallest absolute Gasteiger partial charge is 0.424 e. The molecule has 0 aromatic rings. The number of carbonyl (C=O) groups excluding carboxylic acids is 3. The minimum atomic E-state index is -6.10. The van der Waals surface area contributed by atoms with Crippen molar-refractivity contribution in [3.8, 4) is 0 Å². The second-order valence-corrected chi connectivity index (χ2v) is 16.3. The van der Waals surface area contributed by atoms with Crippen LogP contribution in [-0.2, 0) is 28.6 Å². The van der Waals surface area contributed by atoms with E-state index < -0.39 is 103 Å². The van der Waals surface area contributed by atoms with E-state index in [0.29, 0.717) is 17.8 Å². The molecule has 16 heteroatoms. The number of alkyl halides is 9. The summed E-state index contributed by atoms with van der Waals surface area (Å²) in [6.45, 7) is 9.88. The zero-order valence-corrected chi connectivity index (χ0v) is 29.1. The topological polar surface area (TPSA) is 99.1 Å². The number of ether oxygens (including phenoxy) is 3. The number of aliphatic hydroxyl groups is 1. The molecule has 1 N–H and O–H groups in total. The molecule has 0 aliphatic heterocycles. The Bertz CT molecular complexity index is 1270. The normalized spacial score (nSPS) is 29.8. The lowest BCUT2D eigenvalue weighted by molar-refractivity contribution is -0.378. The number of carbonyl (C=O) groups is 3. The van der Waals surface area contributed by atoms with Gasteiger partial charge in [-0.15, -0.1) is 0 Å². The van der Waals surface area contributed by atoms with Crippen molar-refractivity contribution in [3.63, 3.8) is 0 Å². The molecule has 3 aliphatic carbocycles. The van der Waals surface area contributed by atoms with Gasteiger partial charge in [-0.05, 0) is 80.0 Å². The lowest BCUT2D eigenvalue weighted by Gasteiger charge is -2.85. The quantitative estimate of drug-likeness (QED) is 0.155. The summed E-state index contributed by atoms with van der Waals surface area (Å²) in [4.78, 5) is 38.3. The monoisotopic (exact) mass is 726 g/mol. The van der Waals surface area contributed by atoms with E-state index in [2.05, 4.69) is 25.5 Å². The van der Waals surface area contributed by atoms with E-state index in [1.807, 2.05) is 27.7 Å². The summed E-state index contributed by atoms with van der Waals surface area (Å²) in [5.74, 6) is -4.61. The summed E-state index contributed by atoms with van der Waals surface area (Å²) in [5, 5.41) is 9.55. The molecule has 284 valence electrons. The Morgan fingerprint density at radius 2 is 1.22 bits per heavy atom. The second-order valence-electron chi connectivity index (χ2n) is 16.3. The molecule has 7 nitrogen and oxygen atoms in total. The van der Waals surface area contributed by atoms with Crippen LogP contribution in [0.25, 0.3) is 0 Å². The molecule has 8 atom stereocenters. The number of hydrogen-bond donors (Lipinski definition) is 1. The fourth-order valence-corrected chi connectivity index (χ4v) is 8.58. The van der Waals surface area contributed by atoms with Gasteiger partial charge in [-0.2, -0.15) is 39.5 Å². The average Bonchev–Trinajstić information content (AvgIpc) is 2.91. The molecule has 49 heavy (non-hydrogen) atoms. The minimum Gasteiger partial charge on any atom is -0.465 e. The molecular formula is C33H47F9O7. The Morgan fingerprint density at radius 1 is 0.735 bits per heavy atom. The maximum absolute atomic E-state index is 14.1. The number of esters is 2. The summed E-state index contributed by atoms with van der Waals surface area (Å²) in [5.41, 5.74) is -11.2. The molecule has 8 unspecified atom stereocenters. The van der Waals surface area contributed by atoms with Gasteiger partial charge in [0.2, 0.25) is 5.60 Å². The summed E-state index contributed by atoms with van der Waals surface area (Å²) in [7, 11) is 0. The van der Waals surface area contributed by atoms with Crippen LogP contribution >= 0.6 is 0 Å². The Hall–Kier alpha value is -2.10. The SMILES string of the molecule is CC(C)(C)C(C)(C(=O)OCCC(COCC(=O)C(C)(O)C(F)(F)F)COC(=O)C(C)(C(F)(F)F)C(F)(F)F)C1(C)C2C3CCC3C2C1(C)C. The number of fused-ring (bicyclic) bond motifs is 4. The van der Waals surface area contributed by atoms with E-state index >= 15 is 0 Å². The summed E-state index contributed by atoms with van der Waals surface area (Å²) in [6, 6.07) is 0. The summed E-state index contributed by atoms with van der Waals surface area (Å²) >= 11 is 0. The highest BCUT2D eigenvalue weighted by molar-refractivity contribution is 5.88. The Morgan fingerprint density at radius 3 is 1.65 bits per heavy atom. The highest BCUT2D eigenvalue weighted by Gasteiger charge is 2.83. The third kappa shape index (κ3) is 6.15. The van der Waals surface area contributed by atoms with Crippen molar-refractivity contribution in [1.82, 2.24) is 0 Å². The molecule has 0 aromatic carbocycles. The lowest BCUT2D eigenvalue weighted by atomic mass is 9.19. The van der Waals surface area contributed by atoms with E-state index in [-0.39, 0.29) is 24.7 Å². The Kier molecular flexibility index (Phi) is 10.6. The third-order valence-electron chi connectivity index (χ3n) is 12.9. The summed E-state index contributed by atoms with van der Waals surface area (Å²) in [6.07, 6.45) is -15.7. The largest absolute Gasteiger partial charge is 0.465 e. The van der Waals surface area contributed by atoms with Crippen LogP contribution in [0.4, 0.5) is 39.5 Å². The highest BCUT2D eigenvalue weighted by Crippen LogP contribution is 2.86. The fourth-order valence-electron chi connectivity index (χ4n) is 8.58. The lowest BCUT2D eigenvalue weighted by Crippen LogP contribution is -2.82. The molecule has 3 aliphatic rings. The highest BCUT2D eigenvalue weighted by atomic mass is 19.4. The van der Waals surface area contributed by atoms with Crippen molar-refractivity contribution in [2.75, 3.05) is 26.4 Å². The molecule has 0 spiro atoms. The van der Waals surface area contributed by atoms with Crippen LogP contribution in [0.2, 0.25) is 0 Å². The molecule has 0 bridgehead atoms. The van der Waals surface area contributed by atoms with Gasteiger partial charge in [-0.3, -0.25) is 14.4 Å². The predicted molar refractivity (Wildman–Crippen MR) is 155 cm³/mol. The molecule has 0 aromatic heterocycles. The van der Waals surface area contributed by atoms with E-state index in [1.165, 1.54) is 0 Å². The van der Waals surface area contributed by atoms with Gasteiger partial charge < -0.3 is 19.3 Å². The maximum atomic E-state index is 14.1. The first-order chi connectivity index (χ1) is 21.8. The molecular weight excluding hydrogens is 679 g/mol. The van der Waals surface area contributed by atoms with Crippen molar-refractivity contribution >= 4 is 17.7 Å². The van der Waals surface area contributed by atoms with Crippen LogP contribution in [0.15, 0.2) is 0 Å². The van der Waals surface area contributed by atoms with Crippen molar-refractivity contribution in [2.45, 2.75) is 106 Å². The minimum absolute atomic E-state index is 0.180. The number of hydrogen-bond acceptors (Lipinski definition) is 7. The Balaban J connectivity index is 1.78. The van der Waals surface area contributed by atoms with E-state index in [0.717, 1.165) is 12.8 Å². The number of rotatable bonds is 13. The number of halogens is 9. The van der Waals surface area contributed by atoms with Gasteiger partial charge in [-0.25, -0.2) is 0 Å². The van der Waals surface area contributed by atoms with Gasteiger partial charge in [0.25, 0.3) is 5.41 Å². The molecule has 0 amide bonds. The molecule has 0 heterocycles. The Labute approximate surface area is 280 Å². The van der Waals surface area contributed by atoms with Crippen LogP contribution in [0.3, 0.4) is 0 Å². The zero-order chi connectivity index (χ0) is 38.2. The first-order valence-corrected chi connectivity index (χ1v) is 16.2. The predicted octanol–water partition coefficient (Wildman–Crippen LogP) is 7.48. The van der Waals surface area contributed by atoms with Crippen molar-refractivity contribution in [1.29, 1.82) is 0 Å². The van der Waals surface area contributed by atoms with Crippen LogP contribution in [0.5, 0.6) is 0 Å². The molecule has 3 rings (SSSR count). The van der Waals surface area contributed by atoms with E-state index in [1.54, 1.807) is 0 Å². The zero-order valence-electron chi connectivity index (χ0n) is 29.1. The molecule has 3 fully saturated rings. The van der Waals surface area contributed by atoms with Gasteiger partial charge in [-0.1, -0.05) is 41.5 Å². The standard InChI is InChI=1S/C33H47F9O7/c1-25(2,3)28(7,27(6)22-19-11-10-18(19)21(22)26(27,4)5)23(44)48-13-12-17(14-47-16-20(43)30(9,46)33(40,41)42)15-49-24(45)29(8,31(34,35)36)32(37,38)39/h17-19,21-22,46H,10-16H2,1-9H3. The van der Waals surface area contributed by atoms with Crippen molar-refractivity contribution < 1.29 is 73.2 Å². The summed E-state index contributed by atoms with van der Waals surface area (Å²) < 4.78 is 135. The van der Waals surface area contributed by atoms with Crippen molar-refractivity contribution in [2.24, 2.45) is 56.7 Å². The van der Waals surface area contributed by atoms with Crippen LogP contribution in [0.1, 0.15) is 81.6 Å². The van der Waals surface area contributed by atoms with E-state index in [4.69, 9.17) is 9.47 Å². The molecule has 3 saturated carbocycles. The third-order valence-corrected chi connectivity index (χ3v) is 12.9. The first-order valence-electron chi connectivity index (χ1n) is 16.2. The number of Topliss-reactive ketones (excluding diaryl/α,β-unsaturated/α-hetero) is 1. The van der Waals surface area contributed by atoms with Gasteiger partial charge in [0.05, 0.1) is 25.2 Å². The van der Waals surface area contributed by atoms with Gasteiger partial charge in [0.15, 0.2) is 5.78 Å². The van der Waals surface area contributed by atoms with Gasteiger partial charge in [0.1, 0.15) is 6.61 Å². The maximum Gasteiger partial charge on any atom is 0.424 e. The number of ketones is 1. The van der Waals surface area contributed by atoms with Gasteiger partial charge >= 0.3 is 30.5 Å².